The van der Waals surface area contributed by atoms with E-state index in [0.717, 1.165) is 67.6 Å². The van der Waals surface area contributed by atoms with Crippen molar-refractivity contribution < 1.29 is 4.42 Å². The number of rotatable bonds is 8. The molecule has 5 aromatic carbocycles. The molecule has 0 fully saturated rings. The predicted molar refractivity (Wildman–Crippen MR) is 300 cm³/mol. The minimum Gasteiger partial charge on any atom is -0.459 e. The first kappa shape index (κ1) is 43.0. The molecule has 2 heterocycles. The van der Waals surface area contributed by atoms with E-state index in [4.69, 9.17) is 9.41 Å². The van der Waals surface area contributed by atoms with Gasteiger partial charge in [0.25, 0.3) is 0 Å². The van der Waals surface area contributed by atoms with Gasteiger partial charge in [0.1, 0.15) is 11.3 Å². The highest BCUT2D eigenvalue weighted by Gasteiger charge is 2.54. The van der Waals surface area contributed by atoms with Crippen molar-refractivity contribution in [3.8, 4) is 0 Å². The molecule has 0 N–H and O–H groups in total. The molecule has 71 heavy (non-hydrogen) atoms. The van der Waals surface area contributed by atoms with Crippen LogP contribution in [0, 0.1) is 0 Å². The fourth-order valence-corrected chi connectivity index (χ4v) is 12.4. The Morgan fingerprint density at radius 2 is 1.45 bits per heavy atom. The molecule has 2 heteroatoms. The van der Waals surface area contributed by atoms with Crippen molar-refractivity contribution in [2.45, 2.75) is 63.3 Å². The quantitative estimate of drug-likeness (QED) is 0.140. The van der Waals surface area contributed by atoms with E-state index in [0.29, 0.717) is 0 Å². The Labute approximate surface area is 418 Å². The Hall–Kier alpha value is -8.07. The number of furan rings is 1. The van der Waals surface area contributed by atoms with Crippen LogP contribution in [0.3, 0.4) is 0 Å². The number of aliphatic imine (C=N–C) groups is 1. The molecule has 7 aliphatic rings. The molecule has 1 spiro atoms. The summed E-state index contributed by atoms with van der Waals surface area (Å²) < 4.78 is 7.10. The van der Waals surface area contributed by atoms with Gasteiger partial charge >= 0.3 is 0 Å². The lowest BCUT2D eigenvalue weighted by Crippen LogP contribution is -2.29. The summed E-state index contributed by atoms with van der Waals surface area (Å²) in [6, 6.07) is 41.1. The van der Waals surface area contributed by atoms with Crippen LogP contribution in [0.25, 0.3) is 51.0 Å². The highest BCUT2D eigenvalue weighted by atomic mass is 16.3. The third-order valence-electron chi connectivity index (χ3n) is 15.6. The SMILES string of the molecule is C\C=C/C=C\C=C\c1cc(C2=CC3=C(C=CC2)c2ccc(C4=NC(c5ccccc5)CC(c5ccccc5)=C4)cc2C32C3=C(C=CCC3)c3c2ccc2c4c(oc32)CC=CC=C4)cc(C2=CC=CCC2)c1. The lowest BCUT2D eigenvalue weighted by molar-refractivity contribution is 0.563. The van der Waals surface area contributed by atoms with Crippen molar-refractivity contribution >= 4 is 56.7 Å². The Morgan fingerprint density at radius 3 is 2.31 bits per heavy atom. The predicted octanol–water partition coefficient (Wildman–Crippen LogP) is 17.7. The second-order valence-electron chi connectivity index (χ2n) is 19.7. The Balaban J connectivity index is 1.05. The van der Waals surface area contributed by atoms with Gasteiger partial charge in [0.2, 0.25) is 0 Å². The molecule has 0 saturated carbocycles. The third kappa shape index (κ3) is 7.35. The van der Waals surface area contributed by atoms with Gasteiger partial charge in [-0.3, -0.25) is 4.99 Å². The average molecular weight is 914 g/mol. The van der Waals surface area contributed by atoms with E-state index >= 15 is 0 Å². The van der Waals surface area contributed by atoms with E-state index < -0.39 is 5.41 Å². The molecule has 6 aromatic rings. The molecule has 1 aromatic heterocycles. The highest BCUT2D eigenvalue weighted by Crippen LogP contribution is 2.65. The summed E-state index contributed by atoms with van der Waals surface area (Å²) in [6.07, 6.45) is 49.4. The minimum absolute atomic E-state index is 0.00773. The van der Waals surface area contributed by atoms with Crippen molar-refractivity contribution in [2.24, 2.45) is 4.99 Å². The van der Waals surface area contributed by atoms with Gasteiger partial charge in [0.05, 0.1) is 17.2 Å². The molecule has 6 aliphatic carbocycles. The lowest BCUT2D eigenvalue weighted by atomic mass is 9.66. The monoisotopic (exact) mass is 913 g/mol. The number of allylic oxidation sites excluding steroid dienone is 23. The van der Waals surface area contributed by atoms with Crippen molar-refractivity contribution in [3.63, 3.8) is 0 Å². The van der Waals surface area contributed by atoms with E-state index in [1.54, 1.807) is 0 Å². The molecular weight excluding hydrogens is 859 g/mol. The van der Waals surface area contributed by atoms with E-state index in [9.17, 15) is 0 Å². The molecule has 0 bridgehead atoms. The summed E-state index contributed by atoms with van der Waals surface area (Å²) in [5.41, 5.74) is 24.7. The number of dihydropyridines is 1. The third-order valence-corrected chi connectivity index (χ3v) is 15.6. The first-order valence-corrected chi connectivity index (χ1v) is 25.6. The van der Waals surface area contributed by atoms with Gasteiger partial charge in [-0.15, -0.1) is 0 Å². The second kappa shape index (κ2) is 18.0. The molecule has 1 aliphatic heterocycles. The summed E-state index contributed by atoms with van der Waals surface area (Å²) in [6.45, 7) is 2.05. The average Bonchev–Trinajstić information content (AvgIpc) is 3.85. The topological polar surface area (TPSA) is 25.5 Å². The number of fused-ring (bicyclic) bond motifs is 12. The number of nitrogens with zero attached hydrogens (tertiary/aromatic N) is 1. The maximum Gasteiger partial charge on any atom is 0.143 e. The molecule has 0 amide bonds. The molecule has 2 nitrogen and oxygen atoms in total. The van der Waals surface area contributed by atoms with Gasteiger partial charge in [-0.2, -0.15) is 0 Å². The first-order valence-electron chi connectivity index (χ1n) is 25.6. The number of benzene rings is 5. The molecule has 0 radical (unpaired) electrons. The molecule has 2 unspecified atom stereocenters. The van der Waals surface area contributed by atoms with Crippen LogP contribution < -0.4 is 0 Å². The van der Waals surface area contributed by atoms with Crippen molar-refractivity contribution in [1.29, 1.82) is 0 Å². The first-order chi connectivity index (χ1) is 35.2. The van der Waals surface area contributed by atoms with E-state index in [-0.39, 0.29) is 6.04 Å². The van der Waals surface area contributed by atoms with Gasteiger partial charge in [-0.05, 0) is 159 Å². The summed E-state index contributed by atoms with van der Waals surface area (Å²) in [5.74, 6) is 1.03. The molecule has 342 valence electrons. The largest absolute Gasteiger partial charge is 0.459 e. The smallest absolute Gasteiger partial charge is 0.143 e. The second-order valence-corrected chi connectivity index (χ2v) is 19.7. The van der Waals surface area contributed by atoms with Crippen LogP contribution in [0.4, 0.5) is 0 Å². The van der Waals surface area contributed by atoms with E-state index in [2.05, 4.69) is 232 Å². The van der Waals surface area contributed by atoms with Gasteiger partial charge in [-0.25, -0.2) is 0 Å². The summed E-state index contributed by atoms with van der Waals surface area (Å²) in [7, 11) is 0. The Kier molecular flexibility index (Phi) is 10.9. The molecule has 13 rings (SSSR count). The standard InChI is InChI=1S/C69H55NO/c1-2-3-4-5-10-22-46-39-52(47-23-11-6-12-24-47)41-53(40-46)50-29-21-32-55-56-36-35-51(65-45-54(48-25-13-7-14-26-48)44-64(70-65)49-27-15-8-16-28-49)43-63(56)69(62(55)42-50)60-33-20-19-31-59(60)67-61(69)38-37-58-57-30-17-9-18-34-66(57)71-68(58)67/h2-11,13-19,21-23,25-28,30-32,35-43,45,64H,12,20,24,29,33-34,44H2,1H3/b3-2-,5-4-,22-10+. The molecule has 2 atom stereocenters. The minimum atomic E-state index is -0.557. The van der Waals surface area contributed by atoms with E-state index in [1.165, 1.54) is 100 Å². The maximum absolute atomic E-state index is 7.10. The van der Waals surface area contributed by atoms with Crippen LogP contribution in [0.2, 0.25) is 0 Å². The fraction of sp³-hybridized carbons (Fsp3) is 0.145. The van der Waals surface area contributed by atoms with Crippen molar-refractivity contribution in [1.82, 2.24) is 0 Å². The van der Waals surface area contributed by atoms with E-state index in [1.807, 2.05) is 0 Å². The number of hydrogen-bond donors (Lipinski definition) is 0. The van der Waals surface area contributed by atoms with Gasteiger partial charge in [-0.1, -0.05) is 194 Å². The zero-order valence-electron chi connectivity index (χ0n) is 40.2. The van der Waals surface area contributed by atoms with Crippen LogP contribution in [0.5, 0.6) is 0 Å². The van der Waals surface area contributed by atoms with Gasteiger partial charge in [0, 0.05) is 28.5 Å². The Morgan fingerprint density at radius 1 is 0.620 bits per heavy atom. The van der Waals surface area contributed by atoms with Crippen LogP contribution in [0.15, 0.2) is 233 Å². The van der Waals surface area contributed by atoms with Crippen molar-refractivity contribution in [2.75, 3.05) is 0 Å². The zero-order valence-corrected chi connectivity index (χ0v) is 40.2. The van der Waals surface area contributed by atoms with Crippen LogP contribution >= 0.6 is 0 Å². The Bertz CT molecular complexity index is 3650. The molecule has 0 saturated heterocycles. The fourth-order valence-electron chi connectivity index (χ4n) is 12.4. The summed E-state index contributed by atoms with van der Waals surface area (Å²) >= 11 is 0. The van der Waals surface area contributed by atoms with Crippen LogP contribution in [-0.4, -0.2) is 5.71 Å². The highest BCUT2D eigenvalue weighted by molar-refractivity contribution is 6.14. The van der Waals surface area contributed by atoms with Crippen LogP contribution in [-0.2, 0) is 11.8 Å². The van der Waals surface area contributed by atoms with Gasteiger partial charge < -0.3 is 4.42 Å². The summed E-state index contributed by atoms with van der Waals surface area (Å²) in [5, 5.41) is 1.19. The summed E-state index contributed by atoms with van der Waals surface area (Å²) in [4.78, 5) is 5.63. The zero-order chi connectivity index (χ0) is 47.3. The molecular formula is C69H55NO. The van der Waals surface area contributed by atoms with Gasteiger partial charge in [0.15, 0.2) is 0 Å². The lowest BCUT2D eigenvalue weighted by Gasteiger charge is -2.35. The van der Waals surface area contributed by atoms with Crippen LogP contribution in [0.1, 0.15) is 118 Å². The number of hydrogen-bond acceptors (Lipinski definition) is 2. The maximum atomic E-state index is 7.10. The normalized spacial score (nSPS) is 20.9. The van der Waals surface area contributed by atoms with Crippen molar-refractivity contribution in [3.05, 3.63) is 291 Å².